The number of hydrogen-bond donors (Lipinski definition) is 2. The molecule has 1 amide bonds. The molecule has 1 rings (SSSR count). The fraction of sp³-hybridized carbons (Fsp3) is 0.909. The highest BCUT2D eigenvalue weighted by Gasteiger charge is 2.19. The number of carbonyl (C=O) groups excluding carboxylic acids is 1. The van der Waals surface area contributed by atoms with Crippen molar-refractivity contribution in [1.29, 1.82) is 0 Å². The third kappa shape index (κ3) is 5.74. The molecule has 0 heterocycles. The minimum absolute atomic E-state index is 0.202. The summed E-state index contributed by atoms with van der Waals surface area (Å²) in [6.45, 7) is 3.10. The normalized spacial score (nSPS) is 16.1. The van der Waals surface area contributed by atoms with Crippen molar-refractivity contribution in [2.24, 2.45) is 5.92 Å². The van der Waals surface area contributed by atoms with Crippen molar-refractivity contribution in [3.05, 3.63) is 0 Å². The van der Waals surface area contributed by atoms with Gasteiger partial charge in [-0.1, -0.05) is 6.42 Å². The second-order valence-corrected chi connectivity index (χ2v) is 4.09. The van der Waals surface area contributed by atoms with Crippen LogP contribution in [0.5, 0.6) is 0 Å². The van der Waals surface area contributed by atoms with Gasteiger partial charge in [-0.2, -0.15) is 0 Å². The molecule has 0 spiro atoms. The van der Waals surface area contributed by atoms with Crippen LogP contribution in [0, 0.1) is 5.92 Å². The summed E-state index contributed by atoms with van der Waals surface area (Å²) in [5, 5.41) is 6.10. The first kappa shape index (κ1) is 12.5. The Bertz CT molecular complexity index is 181. The summed E-state index contributed by atoms with van der Waals surface area (Å²) >= 11 is 0. The summed E-state index contributed by atoms with van der Waals surface area (Å²) in [6.07, 6.45) is 4.49. The van der Waals surface area contributed by atoms with E-state index in [9.17, 15) is 4.79 Å². The summed E-state index contributed by atoms with van der Waals surface area (Å²) in [7, 11) is 1.68. The number of amides is 1. The van der Waals surface area contributed by atoms with E-state index >= 15 is 0 Å². The van der Waals surface area contributed by atoms with Crippen molar-refractivity contribution in [2.75, 3.05) is 33.4 Å². The largest absolute Gasteiger partial charge is 0.383 e. The zero-order valence-corrected chi connectivity index (χ0v) is 9.55. The third-order valence-corrected chi connectivity index (χ3v) is 2.81. The van der Waals surface area contributed by atoms with Gasteiger partial charge in [-0.25, -0.2) is 0 Å². The van der Waals surface area contributed by atoms with Gasteiger partial charge in [0.25, 0.3) is 0 Å². The van der Waals surface area contributed by atoms with E-state index in [0.29, 0.717) is 5.92 Å². The van der Waals surface area contributed by atoms with Gasteiger partial charge >= 0.3 is 0 Å². The smallest absolute Gasteiger partial charge is 0.220 e. The lowest BCUT2D eigenvalue weighted by molar-refractivity contribution is -0.122. The van der Waals surface area contributed by atoms with Crippen LogP contribution in [0.25, 0.3) is 0 Å². The average molecular weight is 214 g/mol. The van der Waals surface area contributed by atoms with E-state index < -0.39 is 0 Å². The van der Waals surface area contributed by atoms with Crippen molar-refractivity contribution in [3.63, 3.8) is 0 Å². The second kappa shape index (κ2) is 7.65. The maximum atomic E-state index is 11.4. The molecule has 0 unspecified atom stereocenters. The number of nitrogens with one attached hydrogen (secondary N) is 2. The van der Waals surface area contributed by atoms with Crippen LogP contribution in [0.4, 0.5) is 0 Å². The molecular formula is C11H22N2O2. The van der Waals surface area contributed by atoms with Crippen LogP contribution in [-0.4, -0.2) is 39.3 Å². The molecule has 0 radical (unpaired) electrons. The fourth-order valence-corrected chi connectivity index (χ4v) is 1.62. The molecule has 0 aromatic carbocycles. The van der Waals surface area contributed by atoms with Crippen LogP contribution < -0.4 is 10.6 Å². The highest BCUT2D eigenvalue weighted by molar-refractivity contribution is 5.76. The lowest BCUT2D eigenvalue weighted by Gasteiger charge is -2.24. The first-order chi connectivity index (χ1) is 7.33. The molecule has 0 aromatic rings. The molecule has 4 nitrogen and oxygen atoms in total. The van der Waals surface area contributed by atoms with Gasteiger partial charge in [-0.3, -0.25) is 4.79 Å². The first-order valence-corrected chi connectivity index (χ1v) is 5.79. The number of ether oxygens (including phenoxy) is 1. The Kier molecular flexibility index (Phi) is 6.36. The van der Waals surface area contributed by atoms with Gasteiger partial charge in [0.15, 0.2) is 0 Å². The summed E-state index contributed by atoms with van der Waals surface area (Å²) in [6, 6.07) is 0. The molecule has 0 saturated heterocycles. The van der Waals surface area contributed by atoms with Crippen molar-refractivity contribution in [1.82, 2.24) is 10.6 Å². The van der Waals surface area contributed by atoms with E-state index in [1.807, 2.05) is 0 Å². The molecule has 0 bridgehead atoms. The molecule has 4 heteroatoms. The molecule has 0 atom stereocenters. The maximum Gasteiger partial charge on any atom is 0.220 e. The third-order valence-electron chi connectivity index (χ3n) is 2.81. The monoisotopic (exact) mass is 214 g/mol. The average Bonchev–Trinajstić information content (AvgIpc) is 2.17. The van der Waals surface area contributed by atoms with E-state index in [2.05, 4.69) is 10.6 Å². The van der Waals surface area contributed by atoms with Crippen LogP contribution in [-0.2, 0) is 9.53 Å². The summed E-state index contributed by atoms with van der Waals surface area (Å²) in [4.78, 5) is 11.4. The Morgan fingerprint density at radius 2 is 2.13 bits per heavy atom. The summed E-state index contributed by atoms with van der Waals surface area (Å²) in [5.74, 6) is 0.861. The van der Waals surface area contributed by atoms with E-state index in [4.69, 9.17) is 4.74 Å². The topological polar surface area (TPSA) is 50.4 Å². The molecular weight excluding hydrogens is 192 g/mol. The SMILES string of the molecule is COCCNCCNC(=O)CC1CCC1. The summed E-state index contributed by atoms with van der Waals surface area (Å²) < 4.78 is 4.89. The highest BCUT2D eigenvalue weighted by atomic mass is 16.5. The Balaban J connectivity index is 1.83. The van der Waals surface area contributed by atoms with Gasteiger partial charge in [0.1, 0.15) is 0 Å². The Labute approximate surface area is 91.8 Å². The van der Waals surface area contributed by atoms with Crippen LogP contribution in [0.3, 0.4) is 0 Å². The number of methoxy groups -OCH3 is 1. The van der Waals surface area contributed by atoms with Crippen molar-refractivity contribution < 1.29 is 9.53 Å². The highest BCUT2D eigenvalue weighted by Crippen LogP contribution is 2.28. The maximum absolute atomic E-state index is 11.4. The first-order valence-electron chi connectivity index (χ1n) is 5.79. The molecule has 1 saturated carbocycles. The van der Waals surface area contributed by atoms with Crippen molar-refractivity contribution >= 4 is 5.91 Å². The molecule has 2 N–H and O–H groups in total. The second-order valence-electron chi connectivity index (χ2n) is 4.09. The van der Waals surface area contributed by atoms with Gasteiger partial charge in [0, 0.05) is 33.2 Å². The zero-order chi connectivity index (χ0) is 10.9. The van der Waals surface area contributed by atoms with Crippen LogP contribution >= 0.6 is 0 Å². The lowest BCUT2D eigenvalue weighted by Crippen LogP contribution is -2.34. The Morgan fingerprint density at radius 3 is 2.73 bits per heavy atom. The molecule has 0 aliphatic heterocycles. The molecule has 1 aliphatic rings. The van der Waals surface area contributed by atoms with Crippen LogP contribution in [0.15, 0.2) is 0 Å². The predicted octanol–water partition coefficient (Wildman–Crippen LogP) is 0.529. The lowest BCUT2D eigenvalue weighted by atomic mass is 9.83. The van der Waals surface area contributed by atoms with Gasteiger partial charge in [-0.05, 0) is 18.8 Å². The molecule has 0 aromatic heterocycles. The van der Waals surface area contributed by atoms with Gasteiger partial charge < -0.3 is 15.4 Å². The predicted molar refractivity (Wildman–Crippen MR) is 59.7 cm³/mol. The Morgan fingerprint density at radius 1 is 1.33 bits per heavy atom. The standard InChI is InChI=1S/C11H22N2O2/c1-15-8-7-12-5-6-13-11(14)9-10-3-2-4-10/h10,12H,2-9H2,1H3,(H,13,14). The molecule has 88 valence electrons. The number of hydrogen-bond acceptors (Lipinski definition) is 3. The summed E-state index contributed by atoms with van der Waals surface area (Å²) in [5.41, 5.74) is 0. The molecule has 15 heavy (non-hydrogen) atoms. The zero-order valence-electron chi connectivity index (χ0n) is 9.55. The van der Waals surface area contributed by atoms with Crippen molar-refractivity contribution in [3.8, 4) is 0 Å². The number of carbonyl (C=O) groups is 1. The minimum atomic E-state index is 0.202. The van der Waals surface area contributed by atoms with E-state index in [0.717, 1.165) is 32.7 Å². The molecule has 1 fully saturated rings. The van der Waals surface area contributed by atoms with E-state index in [1.165, 1.54) is 19.3 Å². The quantitative estimate of drug-likeness (QED) is 0.579. The Hall–Kier alpha value is -0.610. The van der Waals surface area contributed by atoms with E-state index in [1.54, 1.807) is 7.11 Å². The van der Waals surface area contributed by atoms with Crippen LogP contribution in [0.2, 0.25) is 0 Å². The molecule has 1 aliphatic carbocycles. The fourth-order valence-electron chi connectivity index (χ4n) is 1.62. The van der Waals surface area contributed by atoms with Gasteiger partial charge in [0.2, 0.25) is 5.91 Å². The van der Waals surface area contributed by atoms with Gasteiger partial charge in [-0.15, -0.1) is 0 Å². The number of rotatable bonds is 8. The minimum Gasteiger partial charge on any atom is -0.383 e. The van der Waals surface area contributed by atoms with Crippen molar-refractivity contribution in [2.45, 2.75) is 25.7 Å². The van der Waals surface area contributed by atoms with Crippen LogP contribution in [0.1, 0.15) is 25.7 Å². The van der Waals surface area contributed by atoms with Gasteiger partial charge in [0.05, 0.1) is 6.61 Å². The van der Waals surface area contributed by atoms with E-state index in [-0.39, 0.29) is 5.91 Å².